The summed E-state index contributed by atoms with van der Waals surface area (Å²) in [5.41, 5.74) is 2.56. The summed E-state index contributed by atoms with van der Waals surface area (Å²) < 4.78 is 0. The Morgan fingerprint density at radius 1 is 1.05 bits per heavy atom. The number of hydrogen-bond acceptors (Lipinski definition) is 3. The lowest BCUT2D eigenvalue weighted by atomic mass is 10.2. The van der Waals surface area contributed by atoms with Gasteiger partial charge in [-0.3, -0.25) is 4.90 Å². The van der Waals surface area contributed by atoms with Gasteiger partial charge in [0.25, 0.3) is 0 Å². The Morgan fingerprint density at radius 2 is 1.80 bits per heavy atom. The van der Waals surface area contributed by atoms with Crippen molar-refractivity contribution in [3.63, 3.8) is 0 Å². The SMILES string of the molecule is C(=Cc1csc(CN2CCNCC2)c1)c1ccccc1. The largest absolute Gasteiger partial charge is 0.314 e. The number of piperazine rings is 1. The zero-order chi connectivity index (χ0) is 13.6. The summed E-state index contributed by atoms with van der Waals surface area (Å²) in [6.45, 7) is 5.64. The van der Waals surface area contributed by atoms with Gasteiger partial charge in [-0.15, -0.1) is 11.3 Å². The van der Waals surface area contributed by atoms with Gasteiger partial charge in [0.15, 0.2) is 0 Å². The molecular weight excluding hydrogens is 264 g/mol. The van der Waals surface area contributed by atoms with Gasteiger partial charge in [0.2, 0.25) is 0 Å². The molecule has 0 radical (unpaired) electrons. The van der Waals surface area contributed by atoms with E-state index in [1.54, 1.807) is 0 Å². The second-order valence-electron chi connectivity index (χ2n) is 5.12. The molecule has 0 saturated carbocycles. The van der Waals surface area contributed by atoms with Gasteiger partial charge in [0.05, 0.1) is 0 Å². The molecule has 1 N–H and O–H groups in total. The molecule has 3 heteroatoms. The van der Waals surface area contributed by atoms with Gasteiger partial charge in [0, 0.05) is 37.6 Å². The summed E-state index contributed by atoms with van der Waals surface area (Å²) in [4.78, 5) is 3.98. The summed E-state index contributed by atoms with van der Waals surface area (Å²) in [5, 5.41) is 5.64. The van der Waals surface area contributed by atoms with E-state index in [9.17, 15) is 0 Å². The van der Waals surface area contributed by atoms with Gasteiger partial charge in [-0.1, -0.05) is 42.5 Å². The number of hydrogen-bond donors (Lipinski definition) is 1. The van der Waals surface area contributed by atoms with Crippen LogP contribution < -0.4 is 5.32 Å². The molecule has 1 aromatic heterocycles. The van der Waals surface area contributed by atoms with Crippen molar-refractivity contribution in [1.29, 1.82) is 0 Å². The summed E-state index contributed by atoms with van der Waals surface area (Å²) in [7, 11) is 0. The van der Waals surface area contributed by atoms with Crippen molar-refractivity contribution >= 4 is 23.5 Å². The van der Waals surface area contributed by atoms with Crippen LogP contribution in [-0.4, -0.2) is 31.1 Å². The molecule has 0 unspecified atom stereocenters. The number of nitrogens with one attached hydrogen (secondary N) is 1. The maximum atomic E-state index is 3.39. The van der Waals surface area contributed by atoms with Gasteiger partial charge in [-0.2, -0.15) is 0 Å². The second-order valence-corrected chi connectivity index (χ2v) is 6.11. The average molecular weight is 284 g/mol. The highest BCUT2D eigenvalue weighted by molar-refractivity contribution is 7.10. The summed E-state index contributed by atoms with van der Waals surface area (Å²) in [6, 6.07) is 12.8. The van der Waals surface area contributed by atoms with Crippen molar-refractivity contribution in [3.8, 4) is 0 Å². The molecule has 0 spiro atoms. The standard InChI is InChI=1S/C17H20N2S/c1-2-4-15(5-3-1)6-7-16-12-17(20-14-16)13-19-10-8-18-9-11-19/h1-7,12,14,18H,8-11,13H2. The van der Waals surface area contributed by atoms with Crippen LogP contribution in [0.2, 0.25) is 0 Å². The van der Waals surface area contributed by atoms with Gasteiger partial charge >= 0.3 is 0 Å². The first kappa shape index (κ1) is 13.6. The van der Waals surface area contributed by atoms with E-state index < -0.39 is 0 Å². The Labute approximate surface area is 124 Å². The normalized spacial score (nSPS) is 16.8. The number of thiophene rings is 1. The van der Waals surface area contributed by atoms with Crippen molar-refractivity contribution in [2.24, 2.45) is 0 Å². The topological polar surface area (TPSA) is 15.3 Å². The smallest absolute Gasteiger partial charge is 0.0329 e. The molecule has 2 nitrogen and oxygen atoms in total. The highest BCUT2D eigenvalue weighted by Gasteiger charge is 2.10. The zero-order valence-electron chi connectivity index (χ0n) is 11.6. The molecule has 1 aliphatic rings. The van der Waals surface area contributed by atoms with E-state index >= 15 is 0 Å². The first-order chi connectivity index (χ1) is 9.90. The summed E-state index contributed by atoms with van der Waals surface area (Å²) >= 11 is 1.87. The molecule has 20 heavy (non-hydrogen) atoms. The van der Waals surface area contributed by atoms with Crippen LogP contribution in [0.5, 0.6) is 0 Å². The minimum atomic E-state index is 1.09. The van der Waals surface area contributed by atoms with E-state index in [0.717, 1.165) is 32.7 Å². The maximum absolute atomic E-state index is 3.39. The molecule has 0 aliphatic carbocycles. The van der Waals surface area contributed by atoms with E-state index in [2.05, 4.69) is 58.1 Å². The fraction of sp³-hybridized carbons (Fsp3) is 0.294. The molecule has 2 heterocycles. The van der Waals surface area contributed by atoms with E-state index in [4.69, 9.17) is 0 Å². The predicted octanol–water partition coefficient (Wildman–Crippen LogP) is 3.32. The minimum absolute atomic E-state index is 1.09. The molecule has 1 fully saturated rings. The lowest BCUT2D eigenvalue weighted by molar-refractivity contribution is 0.235. The highest BCUT2D eigenvalue weighted by Crippen LogP contribution is 2.19. The quantitative estimate of drug-likeness (QED) is 0.926. The van der Waals surface area contributed by atoms with Crippen LogP contribution in [0.1, 0.15) is 16.0 Å². The third kappa shape index (κ3) is 3.79. The van der Waals surface area contributed by atoms with Crippen LogP contribution >= 0.6 is 11.3 Å². The Hall–Kier alpha value is -1.42. The fourth-order valence-corrected chi connectivity index (χ4v) is 3.31. The molecular formula is C17H20N2S. The third-order valence-corrected chi connectivity index (χ3v) is 4.47. The van der Waals surface area contributed by atoms with Gasteiger partial charge in [-0.25, -0.2) is 0 Å². The molecule has 3 rings (SSSR count). The summed E-state index contributed by atoms with van der Waals surface area (Å²) in [5.74, 6) is 0. The predicted molar refractivity (Wildman–Crippen MR) is 87.8 cm³/mol. The fourth-order valence-electron chi connectivity index (χ4n) is 2.41. The Kier molecular flexibility index (Phi) is 4.64. The Bertz CT molecular complexity index is 553. The first-order valence-corrected chi connectivity index (χ1v) is 8.02. The maximum Gasteiger partial charge on any atom is 0.0329 e. The molecule has 0 bridgehead atoms. The lowest BCUT2D eigenvalue weighted by Crippen LogP contribution is -2.42. The monoisotopic (exact) mass is 284 g/mol. The summed E-state index contributed by atoms with van der Waals surface area (Å²) in [6.07, 6.45) is 4.38. The number of benzene rings is 1. The van der Waals surface area contributed by atoms with Crippen LogP contribution in [0.3, 0.4) is 0 Å². The minimum Gasteiger partial charge on any atom is -0.314 e. The average Bonchev–Trinajstić information content (AvgIpc) is 2.95. The zero-order valence-corrected chi connectivity index (χ0v) is 12.4. The Morgan fingerprint density at radius 3 is 2.60 bits per heavy atom. The molecule has 104 valence electrons. The second kappa shape index (κ2) is 6.84. The third-order valence-electron chi connectivity index (χ3n) is 3.53. The van der Waals surface area contributed by atoms with Crippen LogP contribution in [0.4, 0.5) is 0 Å². The van der Waals surface area contributed by atoms with Crippen molar-refractivity contribution in [2.75, 3.05) is 26.2 Å². The first-order valence-electron chi connectivity index (χ1n) is 7.14. The molecule has 2 aromatic rings. The number of rotatable bonds is 4. The molecule has 1 aliphatic heterocycles. The van der Waals surface area contributed by atoms with Crippen LogP contribution in [0.25, 0.3) is 12.2 Å². The van der Waals surface area contributed by atoms with Crippen molar-refractivity contribution in [3.05, 3.63) is 57.8 Å². The lowest BCUT2D eigenvalue weighted by Gasteiger charge is -2.26. The van der Waals surface area contributed by atoms with E-state index in [1.807, 2.05) is 17.4 Å². The highest BCUT2D eigenvalue weighted by atomic mass is 32.1. The van der Waals surface area contributed by atoms with Crippen molar-refractivity contribution < 1.29 is 0 Å². The van der Waals surface area contributed by atoms with E-state index in [1.165, 1.54) is 16.0 Å². The van der Waals surface area contributed by atoms with Crippen molar-refractivity contribution in [1.82, 2.24) is 10.2 Å². The van der Waals surface area contributed by atoms with E-state index in [-0.39, 0.29) is 0 Å². The van der Waals surface area contributed by atoms with Crippen LogP contribution in [0.15, 0.2) is 41.8 Å². The number of nitrogens with zero attached hydrogens (tertiary/aromatic N) is 1. The van der Waals surface area contributed by atoms with Crippen molar-refractivity contribution in [2.45, 2.75) is 6.54 Å². The van der Waals surface area contributed by atoms with Crippen LogP contribution in [-0.2, 0) is 6.54 Å². The van der Waals surface area contributed by atoms with Crippen LogP contribution in [0, 0.1) is 0 Å². The molecule has 0 atom stereocenters. The molecule has 1 saturated heterocycles. The molecule has 0 amide bonds. The van der Waals surface area contributed by atoms with Gasteiger partial charge in [-0.05, 0) is 22.6 Å². The molecule has 1 aromatic carbocycles. The van der Waals surface area contributed by atoms with Gasteiger partial charge < -0.3 is 5.32 Å². The van der Waals surface area contributed by atoms with E-state index in [0.29, 0.717) is 0 Å². The van der Waals surface area contributed by atoms with Gasteiger partial charge in [0.1, 0.15) is 0 Å². The Balaban J connectivity index is 1.60.